The van der Waals surface area contributed by atoms with Crippen molar-refractivity contribution in [2.24, 2.45) is 0 Å². The van der Waals surface area contributed by atoms with Gasteiger partial charge in [0.05, 0.1) is 0 Å². The number of fused-ring (bicyclic) bond motifs is 6. The van der Waals surface area contributed by atoms with Gasteiger partial charge in [0.25, 0.3) is 0 Å². The molecule has 0 radical (unpaired) electrons. The molecule has 0 fully saturated rings. The summed E-state index contributed by atoms with van der Waals surface area (Å²) in [5.41, 5.74) is 11.5. The van der Waals surface area contributed by atoms with Crippen molar-refractivity contribution < 1.29 is 0 Å². The molecule has 7 rings (SSSR count). The van der Waals surface area contributed by atoms with Gasteiger partial charge < -0.3 is 0 Å². The van der Waals surface area contributed by atoms with Crippen molar-refractivity contribution in [3.8, 4) is 22.3 Å². The van der Waals surface area contributed by atoms with Crippen molar-refractivity contribution in [3.05, 3.63) is 150 Å². The fraction of sp³-hybridized carbons (Fsp3) is 0.0645. The number of nitrogens with zero attached hydrogens (tertiary/aromatic N) is 1. The predicted molar refractivity (Wildman–Crippen MR) is 134 cm³/mol. The smallest absolute Gasteiger partial charge is 0.0267 e. The second-order valence-corrected chi connectivity index (χ2v) is 8.01. The second kappa shape index (κ2) is 9.45. The maximum Gasteiger partial charge on any atom is 0.0267 e. The molecule has 0 aliphatic heterocycles. The molecule has 32 heavy (non-hydrogen) atoms. The van der Waals surface area contributed by atoms with Gasteiger partial charge in [0, 0.05) is 12.4 Å². The van der Waals surface area contributed by atoms with E-state index in [9.17, 15) is 0 Å². The third-order valence-corrected chi connectivity index (χ3v) is 5.98. The van der Waals surface area contributed by atoms with E-state index < -0.39 is 0 Å². The van der Waals surface area contributed by atoms with E-state index in [4.69, 9.17) is 0 Å². The van der Waals surface area contributed by atoms with Gasteiger partial charge in [-0.15, -0.1) is 0 Å². The number of rotatable bonds is 0. The summed E-state index contributed by atoms with van der Waals surface area (Å²) in [5.74, 6) is 0. The Morgan fingerprint density at radius 3 is 0.906 bits per heavy atom. The zero-order valence-corrected chi connectivity index (χ0v) is 18.0. The molecule has 1 nitrogen and oxygen atoms in total. The first kappa shape index (κ1) is 20.0. The lowest BCUT2D eigenvalue weighted by Gasteiger charge is -1.98. The fourth-order valence-corrected chi connectivity index (χ4v) is 4.47. The Labute approximate surface area is 190 Å². The van der Waals surface area contributed by atoms with E-state index in [1.807, 2.05) is 18.2 Å². The van der Waals surface area contributed by atoms with Gasteiger partial charge in [-0.3, -0.25) is 4.98 Å². The molecule has 5 aromatic rings. The number of hydrogen-bond acceptors (Lipinski definition) is 1. The number of benzene rings is 4. The van der Waals surface area contributed by atoms with Crippen LogP contribution < -0.4 is 0 Å². The minimum Gasteiger partial charge on any atom is -0.265 e. The van der Waals surface area contributed by atoms with Gasteiger partial charge in [-0.1, -0.05) is 103 Å². The third kappa shape index (κ3) is 4.24. The van der Waals surface area contributed by atoms with Gasteiger partial charge in [0.2, 0.25) is 0 Å². The maximum absolute atomic E-state index is 3.78. The quantitative estimate of drug-likeness (QED) is 0.250. The molecule has 2 aliphatic carbocycles. The molecule has 1 heterocycles. The monoisotopic (exact) mass is 411 g/mol. The van der Waals surface area contributed by atoms with Crippen LogP contribution in [0.3, 0.4) is 0 Å². The van der Waals surface area contributed by atoms with Gasteiger partial charge >= 0.3 is 0 Å². The minimum absolute atomic E-state index is 1.10. The molecule has 0 saturated carbocycles. The standard InChI is InChI=1S/2C13H10.C5H5N/c2*1-3-7-12-10(5-1)9-11-6-2-4-8-13(11)12;1-2-4-6-5-3-1/h2*1-8H,9H2;1-5H. The lowest BCUT2D eigenvalue weighted by atomic mass is 10.1. The molecule has 154 valence electrons. The van der Waals surface area contributed by atoms with Crippen LogP contribution in [0.25, 0.3) is 22.3 Å². The van der Waals surface area contributed by atoms with E-state index in [1.165, 1.54) is 44.5 Å². The van der Waals surface area contributed by atoms with Crippen LogP contribution in [0.2, 0.25) is 0 Å². The van der Waals surface area contributed by atoms with E-state index in [0.717, 1.165) is 12.8 Å². The molecular weight excluding hydrogens is 386 g/mol. The summed E-state index contributed by atoms with van der Waals surface area (Å²) in [6, 6.07) is 40.3. The molecular formula is C31H25N. The summed E-state index contributed by atoms with van der Waals surface area (Å²) in [4.78, 5) is 3.78. The Hall–Kier alpha value is -3.97. The second-order valence-electron chi connectivity index (χ2n) is 8.01. The zero-order chi connectivity index (χ0) is 21.6. The van der Waals surface area contributed by atoms with Crippen molar-refractivity contribution >= 4 is 0 Å². The highest BCUT2D eigenvalue weighted by atomic mass is 14.6. The van der Waals surface area contributed by atoms with E-state index in [2.05, 4.69) is 102 Å². The van der Waals surface area contributed by atoms with Gasteiger partial charge in [-0.05, 0) is 69.5 Å². The molecule has 0 bridgehead atoms. The summed E-state index contributed by atoms with van der Waals surface area (Å²) in [6.07, 6.45) is 5.71. The first-order valence-corrected chi connectivity index (χ1v) is 11.1. The topological polar surface area (TPSA) is 12.9 Å². The predicted octanol–water partition coefficient (Wildman–Crippen LogP) is 7.60. The Morgan fingerprint density at radius 2 is 0.656 bits per heavy atom. The van der Waals surface area contributed by atoms with Crippen molar-refractivity contribution in [2.75, 3.05) is 0 Å². The molecule has 0 amide bonds. The van der Waals surface area contributed by atoms with Crippen LogP contribution in [0.5, 0.6) is 0 Å². The van der Waals surface area contributed by atoms with E-state index in [0.29, 0.717) is 0 Å². The van der Waals surface area contributed by atoms with Crippen LogP contribution in [-0.2, 0) is 12.8 Å². The molecule has 0 spiro atoms. The summed E-state index contributed by atoms with van der Waals surface area (Å²) in [5, 5.41) is 0. The SMILES string of the molecule is c1ccc2c(c1)Cc1ccccc1-2.c1ccc2c(c1)Cc1ccccc1-2.c1ccncc1. The van der Waals surface area contributed by atoms with Crippen LogP contribution in [0.1, 0.15) is 22.3 Å². The molecule has 1 aromatic heterocycles. The van der Waals surface area contributed by atoms with Crippen LogP contribution in [0, 0.1) is 0 Å². The first-order valence-electron chi connectivity index (χ1n) is 11.1. The molecule has 0 unspecified atom stereocenters. The minimum atomic E-state index is 1.10. The van der Waals surface area contributed by atoms with Crippen molar-refractivity contribution in [1.29, 1.82) is 0 Å². The molecule has 0 atom stereocenters. The van der Waals surface area contributed by atoms with Crippen LogP contribution in [0.4, 0.5) is 0 Å². The summed E-state index contributed by atoms with van der Waals surface area (Å²) in [7, 11) is 0. The number of pyridine rings is 1. The van der Waals surface area contributed by atoms with E-state index in [1.54, 1.807) is 12.4 Å². The Bertz CT molecular complexity index is 1120. The van der Waals surface area contributed by atoms with Crippen molar-refractivity contribution in [2.45, 2.75) is 12.8 Å². The molecule has 2 aliphatic rings. The lowest BCUT2D eigenvalue weighted by molar-refractivity contribution is 1.26. The highest BCUT2D eigenvalue weighted by molar-refractivity contribution is 5.77. The molecule has 1 heteroatoms. The van der Waals surface area contributed by atoms with Gasteiger partial charge in [0.15, 0.2) is 0 Å². The summed E-state index contributed by atoms with van der Waals surface area (Å²) in [6.45, 7) is 0. The van der Waals surface area contributed by atoms with Crippen LogP contribution in [-0.4, -0.2) is 4.98 Å². The summed E-state index contributed by atoms with van der Waals surface area (Å²) < 4.78 is 0. The number of hydrogen-bond donors (Lipinski definition) is 0. The van der Waals surface area contributed by atoms with Crippen molar-refractivity contribution in [1.82, 2.24) is 4.98 Å². The van der Waals surface area contributed by atoms with E-state index in [-0.39, 0.29) is 0 Å². The van der Waals surface area contributed by atoms with Crippen molar-refractivity contribution in [3.63, 3.8) is 0 Å². The fourth-order valence-electron chi connectivity index (χ4n) is 4.47. The van der Waals surface area contributed by atoms with E-state index >= 15 is 0 Å². The Morgan fingerprint density at radius 1 is 0.344 bits per heavy atom. The lowest BCUT2D eigenvalue weighted by Crippen LogP contribution is -1.77. The van der Waals surface area contributed by atoms with Gasteiger partial charge in [-0.25, -0.2) is 0 Å². The highest BCUT2D eigenvalue weighted by Gasteiger charge is 2.16. The molecule has 0 saturated heterocycles. The van der Waals surface area contributed by atoms with Gasteiger partial charge in [-0.2, -0.15) is 0 Å². The van der Waals surface area contributed by atoms with Crippen LogP contribution in [0.15, 0.2) is 128 Å². The third-order valence-electron chi connectivity index (χ3n) is 5.98. The highest BCUT2D eigenvalue weighted by Crippen LogP contribution is 2.36. The zero-order valence-electron chi connectivity index (χ0n) is 18.0. The molecule has 0 N–H and O–H groups in total. The number of aromatic nitrogens is 1. The summed E-state index contributed by atoms with van der Waals surface area (Å²) >= 11 is 0. The first-order chi connectivity index (χ1) is 15.9. The normalized spacial score (nSPS) is 11.5. The van der Waals surface area contributed by atoms with Crippen LogP contribution >= 0.6 is 0 Å². The largest absolute Gasteiger partial charge is 0.265 e. The molecule has 4 aromatic carbocycles. The Kier molecular flexibility index (Phi) is 5.89. The van der Waals surface area contributed by atoms with Gasteiger partial charge in [0.1, 0.15) is 0 Å². The average molecular weight is 412 g/mol. The average Bonchev–Trinajstić information content (AvgIpc) is 3.44. The Balaban J connectivity index is 0.000000109. The maximum atomic E-state index is 3.78.